The monoisotopic (exact) mass is 370 g/mol. The molecular weight excluding hydrogens is 348 g/mol. The van der Waals surface area contributed by atoms with Gasteiger partial charge in [-0.15, -0.1) is 0 Å². The molecule has 140 valence electrons. The van der Waals surface area contributed by atoms with E-state index in [2.05, 4.69) is 10.5 Å². The van der Waals surface area contributed by atoms with Crippen LogP contribution in [0.15, 0.2) is 96.1 Å². The first-order valence-electron chi connectivity index (χ1n) is 9.02. The lowest BCUT2D eigenvalue weighted by Gasteiger charge is -2.05. The summed E-state index contributed by atoms with van der Waals surface area (Å²) in [6.07, 6.45) is 4.12. The van der Waals surface area contributed by atoms with E-state index in [0.717, 1.165) is 22.4 Å². The van der Waals surface area contributed by atoms with Gasteiger partial charge in [0.1, 0.15) is 5.75 Å². The summed E-state index contributed by atoms with van der Waals surface area (Å²) in [5.41, 5.74) is 6.24. The minimum atomic E-state index is -0.174. The topological polar surface area (TPSA) is 50.7 Å². The summed E-state index contributed by atoms with van der Waals surface area (Å²) in [6, 6.07) is 27.1. The minimum absolute atomic E-state index is 0.174. The largest absolute Gasteiger partial charge is 0.497 e. The second-order valence-corrected chi connectivity index (χ2v) is 6.17. The van der Waals surface area contributed by atoms with Crippen molar-refractivity contribution in [3.05, 3.63) is 108 Å². The maximum Gasteiger partial charge on any atom is 0.244 e. The summed E-state index contributed by atoms with van der Waals surface area (Å²) < 4.78 is 5.14. The predicted molar refractivity (Wildman–Crippen MR) is 113 cm³/mol. The summed E-state index contributed by atoms with van der Waals surface area (Å²) in [6.45, 7) is 0. The SMILES string of the molecule is COc1ccc(CC(=O)N/N=C(/C=C\c2ccccc2)c2ccccc2)cc1. The van der Waals surface area contributed by atoms with Gasteiger partial charge in [-0.2, -0.15) is 5.10 Å². The van der Waals surface area contributed by atoms with Crippen LogP contribution in [0.3, 0.4) is 0 Å². The standard InChI is InChI=1S/C24H22N2O2/c1-28-22-15-12-20(13-16-22)18-24(27)26-25-23(21-10-6-3-7-11-21)17-14-19-8-4-2-5-9-19/h2-17H,18H2,1H3,(H,26,27)/b17-14-,25-23-. The molecule has 0 fully saturated rings. The number of nitrogens with zero attached hydrogens (tertiary/aromatic N) is 1. The smallest absolute Gasteiger partial charge is 0.244 e. The van der Waals surface area contributed by atoms with Gasteiger partial charge in [0.25, 0.3) is 0 Å². The quantitative estimate of drug-likeness (QED) is 0.493. The van der Waals surface area contributed by atoms with Gasteiger partial charge in [-0.25, -0.2) is 5.43 Å². The molecule has 0 saturated carbocycles. The molecule has 3 aromatic rings. The van der Waals surface area contributed by atoms with E-state index in [1.807, 2.05) is 97.1 Å². The van der Waals surface area contributed by atoms with Crippen LogP contribution in [0.4, 0.5) is 0 Å². The number of carbonyl (C=O) groups excluding carboxylic acids is 1. The highest BCUT2D eigenvalue weighted by atomic mass is 16.5. The van der Waals surface area contributed by atoms with Crippen molar-refractivity contribution >= 4 is 17.7 Å². The van der Waals surface area contributed by atoms with Crippen molar-refractivity contribution in [2.45, 2.75) is 6.42 Å². The molecule has 0 spiro atoms. The van der Waals surface area contributed by atoms with E-state index in [-0.39, 0.29) is 12.3 Å². The van der Waals surface area contributed by atoms with Crippen LogP contribution in [0.1, 0.15) is 16.7 Å². The van der Waals surface area contributed by atoms with E-state index in [0.29, 0.717) is 5.71 Å². The zero-order chi connectivity index (χ0) is 19.6. The van der Waals surface area contributed by atoms with Gasteiger partial charge in [0.15, 0.2) is 0 Å². The fourth-order valence-electron chi connectivity index (χ4n) is 2.64. The Morgan fingerprint density at radius 2 is 1.57 bits per heavy atom. The number of nitrogens with one attached hydrogen (secondary N) is 1. The van der Waals surface area contributed by atoms with Crippen molar-refractivity contribution in [1.82, 2.24) is 5.43 Å². The molecule has 3 aromatic carbocycles. The number of allylic oxidation sites excluding steroid dienone is 1. The molecule has 0 heterocycles. The Morgan fingerprint density at radius 3 is 2.21 bits per heavy atom. The van der Waals surface area contributed by atoms with E-state index in [1.165, 1.54) is 0 Å². The number of amides is 1. The fourth-order valence-corrected chi connectivity index (χ4v) is 2.64. The lowest BCUT2D eigenvalue weighted by Crippen LogP contribution is -2.21. The molecule has 1 N–H and O–H groups in total. The van der Waals surface area contributed by atoms with Crippen molar-refractivity contribution in [2.75, 3.05) is 7.11 Å². The third-order valence-corrected chi connectivity index (χ3v) is 4.13. The van der Waals surface area contributed by atoms with Crippen LogP contribution in [0.25, 0.3) is 6.08 Å². The molecule has 1 amide bonds. The number of hydrogen-bond acceptors (Lipinski definition) is 3. The minimum Gasteiger partial charge on any atom is -0.497 e. The van der Waals surface area contributed by atoms with Gasteiger partial charge in [-0.3, -0.25) is 4.79 Å². The molecule has 0 aromatic heterocycles. The van der Waals surface area contributed by atoms with Crippen LogP contribution in [-0.2, 0) is 11.2 Å². The first-order valence-corrected chi connectivity index (χ1v) is 9.02. The third kappa shape index (κ3) is 5.68. The van der Waals surface area contributed by atoms with Gasteiger partial charge in [-0.05, 0) is 29.3 Å². The van der Waals surface area contributed by atoms with Gasteiger partial charge in [0.05, 0.1) is 19.2 Å². The Balaban J connectivity index is 1.72. The number of carbonyl (C=O) groups is 1. The zero-order valence-corrected chi connectivity index (χ0v) is 15.7. The number of hydrogen-bond donors (Lipinski definition) is 1. The van der Waals surface area contributed by atoms with Crippen molar-refractivity contribution < 1.29 is 9.53 Å². The van der Waals surface area contributed by atoms with Gasteiger partial charge in [0.2, 0.25) is 5.91 Å². The maximum absolute atomic E-state index is 12.3. The predicted octanol–water partition coefficient (Wildman–Crippen LogP) is 4.47. The van der Waals surface area contributed by atoms with Gasteiger partial charge >= 0.3 is 0 Å². The zero-order valence-electron chi connectivity index (χ0n) is 15.7. The van der Waals surface area contributed by atoms with Gasteiger partial charge in [0, 0.05) is 5.56 Å². The second kappa shape index (κ2) is 9.88. The molecular formula is C24H22N2O2. The molecule has 0 saturated heterocycles. The second-order valence-electron chi connectivity index (χ2n) is 6.17. The molecule has 0 aliphatic carbocycles. The average Bonchev–Trinajstić information content (AvgIpc) is 2.75. The summed E-state index contributed by atoms with van der Waals surface area (Å²) in [4.78, 5) is 12.3. The van der Waals surface area contributed by atoms with Gasteiger partial charge < -0.3 is 4.74 Å². The van der Waals surface area contributed by atoms with Crippen LogP contribution >= 0.6 is 0 Å². The molecule has 0 radical (unpaired) electrons. The van der Waals surface area contributed by atoms with E-state index in [4.69, 9.17) is 4.74 Å². The summed E-state index contributed by atoms with van der Waals surface area (Å²) >= 11 is 0. The number of benzene rings is 3. The number of methoxy groups -OCH3 is 1. The third-order valence-electron chi connectivity index (χ3n) is 4.13. The van der Waals surface area contributed by atoms with Crippen LogP contribution in [0, 0.1) is 0 Å². The Labute approximate surface area is 165 Å². The Kier molecular flexibility index (Phi) is 6.74. The van der Waals surface area contributed by atoms with Crippen molar-refractivity contribution in [2.24, 2.45) is 5.10 Å². The molecule has 3 rings (SSSR count). The normalized spacial score (nSPS) is 11.4. The highest BCUT2D eigenvalue weighted by Crippen LogP contribution is 2.12. The average molecular weight is 370 g/mol. The van der Waals surface area contributed by atoms with Crippen LogP contribution < -0.4 is 10.2 Å². The van der Waals surface area contributed by atoms with Gasteiger partial charge in [-0.1, -0.05) is 78.9 Å². The Morgan fingerprint density at radius 1 is 0.929 bits per heavy atom. The molecule has 0 aliphatic heterocycles. The lowest BCUT2D eigenvalue weighted by atomic mass is 10.1. The fraction of sp³-hybridized carbons (Fsp3) is 0.0833. The molecule has 0 bridgehead atoms. The first kappa shape index (κ1) is 19.1. The van der Waals surface area contributed by atoms with Crippen LogP contribution in [-0.4, -0.2) is 18.7 Å². The molecule has 28 heavy (non-hydrogen) atoms. The van der Waals surface area contributed by atoms with E-state index in [1.54, 1.807) is 7.11 Å². The highest BCUT2D eigenvalue weighted by molar-refractivity contribution is 6.11. The van der Waals surface area contributed by atoms with Crippen LogP contribution in [0.2, 0.25) is 0 Å². The van der Waals surface area contributed by atoms with E-state index < -0.39 is 0 Å². The highest BCUT2D eigenvalue weighted by Gasteiger charge is 2.05. The maximum atomic E-state index is 12.3. The summed E-state index contributed by atoms with van der Waals surface area (Å²) in [5.74, 6) is 0.589. The summed E-state index contributed by atoms with van der Waals surface area (Å²) in [7, 11) is 1.62. The molecule has 0 aliphatic rings. The Bertz CT molecular complexity index is 947. The Hall–Kier alpha value is -3.66. The van der Waals surface area contributed by atoms with E-state index in [9.17, 15) is 4.79 Å². The number of hydrazone groups is 1. The molecule has 4 heteroatoms. The number of rotatable bonds is 7. The molecule has 0 unspecified atom stereocenters. The lowest BCUT2D eigenvalue weighted by molar-refractivity contribution is -0.120. The van der Waals surface area contributed by atoms with Crippen molar-refractivity contribution in [3.8, 4) is 5.75 Å². The number of ether oxygens (including phenoxy) is 1. The first-order chi connectivity index (χ1) is 13.7. The van der Waals surface area contributed by atoms with Crippen molar-refractivity contribution in [1.29, 1.82) is 0 Å². The molecule has 4 nitrogen and oxygen atoms in total. The van der Waals surface area contributed by atoms with Crippen molar-refractivity contribution in [3.63, 3.8) is 0 Å². The molecule has 0 atom stereocenters. The summed E-state index contributed by atoms with van der Waals surface area (Å²) in [5, 5.41) is 4.34. The van der Waals surface area contributed by atoms with Crippen LogP contribution in [0.5, 0.6) is 5.75 Å². The van der Waals surface area contributed by atoms with E-state index >= 15 is 0 Å².